The Morgan fingerprint density at radius 1 is 1.20 bits per heavy atom. The summed E-state index contributed by atoms with van der Waals surface area (Å²) in [7, 11) is 0. The summed E-state index contributed by atoms with van der Waals surface area (Å²) in [4.78, 5) is 16.5. The quantitative estimate of drug-likeness (QED) is 0.775. The Morgan fingerprint density at radius 2 is 2.05 bits per heavy atom. The number of pyridine rings is 1. The molecule has 0 amide bonds. The molecular weight excluding hydrogens is 252 g/mol. The molecule has 5 heteroatoms. The molecule has 0 fully saturated rings. The number of hydrogen-bond acceptors (Lipinski definition) is 4. The second kappa shape index (κ2) is 5.22. The largest absolute Gasteiger partial charge is 0.325 e. The first-order valence-electron chi connectivity index (χ1n) is 6.36. The van der Waals surface area contributed by atoms with Crippen molar-refractivity contribution in [2.45, 2.75) is 13.1 Å². The molecule has 0 saturated carbocycles. The minimum atomic E-state index is -0.0887. The maximum atomic E-state index is 12.3. The first-order chi connectivity index (χ1) is 9.78. The van der Waals surface area contributed by atoms with Gasteiger partial charge >= 0.3 is 0 Å². The monoisotopic (exact) mass is 266 g/mol. The molecule has 3 aromatic rings. The molecule has 0 bridgehead atoms. The molecule has 0 aliphatic carbocycles. The molecule has 0 aliphatic heterocycles. The number of nitrogens with two attached hydrogens (primary N) is 1. The molecule has 5 nitrogen and oxygen atoms in total. The molecule has 2 aromatic heterocycles. The third-order valence-corrected chi connectivity index (χ3v) is 3.18. The number of rotatable bonds is 3. The molecule has 0 unspecified atom stereocenters. The summed E-state index contributed by atoms with van der Waals surface area (Å²) < 4.78 is 1.46. The average Bonchev–Trinajstić information content (AvgIpc) is 2.50. The summed E-state index contributed by atoms with van der Waals surface area (Å²) in [5.41, 5.74) is 7.25. The van der Waals surface area contributed by atoms with E-state index in [4.69, 9.17) is 5.73 Å². The van der Waals surface area contributed by atoms with E-state index in [-0.39, 0.29) is 5.56 Å². The highest BCUT2D eigenvalue weighted by Crippen LogP contribution is 2.08. The molecule has 0 aliphatic rings. The highest BCUT2D eigenvalue weighted by Gasteiger charge is 2.04. The van der Waals surface area contributed by atoms with E-state index in [1.54, 1.807) is 12.4 Å². The molecule has 0 atom stereocenters. The number of aromatic nitrogens is 3. The lowest BCUT2D eigenvalue weighted by Crippen LogP contribution is -2.23. The lowest BCUT2D eigenvalue weighted by Gasteiger charge is -2.07. The Hall–Kier alpha value is -2.53. The topological polar surface area (TPSA) is 73.8 Å². The maximum Gasteiger partial charge on any atom is 0.274 e. The molecule has 0 saturated heterocycles. The number of hydrogen-bond donors (Lipinski definition) is 1. The van der Waals surface area contributed by atoms with Crippen LogP contribution in [0.15, 0.2) is 53.6 Å². The van der Waals surface area contributed by atoms with Crippen LogP contribution in [0, 0.1) is 0 Å². The third-order valence-electron chi connectivity index (χ3n) is 3.18. The predicted molar refractivity (Wildman–Crippen MR) is 77.2 cm³/mol. The SMILES string of the molecule is NCc1cc(Cn2ncc3ccccc3c2=O)ccn1. The first-order valence-corrected chi connectivity index (χ1v) is 6.36. The van der Waals surface area contributed by atoms with Gasteiger partial charge in [0.1, 0.15) is 0 Å². The van der Waals surface area contributed by atoms with Gasteiger partial charge in [-0.15, -0.1) is 0 Å². The third kappa shape index (κ3) is 2.31. The van der Waals surface area contributed by atoms with Gasteiger partial charge in [0.15, 0.2) is 0 Å². The molecule has 1 aromatic carbocycles. The molecule has 2 heterocycles. The van der Waals surface area contributed by atoms with Gasteiger partial charge in [-0.2, -0.15) is 5.10 Å². The van der Waals surface area contributed by atoms with Gasteiger partial charge in [-0.05, 0) is 23.8 Å². The highest BCUT2D eigenvalue weighted by atomic mass is 16.1. The Labute approximate surface area is 115 Å². The summed E-state index contributed by atoms with van der Waals surface area (Å²) in [6, 6.07) is 11.2. The lowest BCUT2D eigenvalue weighted by atomic mass is 10.2. The number of benzene rings is 1. The molecule has 100 valence electrons. The van der Waals surface area contributed by atoms with Crippen molar-refractivity contribution in [1.29, 1.82) is 0 Å². The first kappa shape index (κ1) is 12.5. The van der Waals surface area contributed by atoms with Crippen molar-refractivity contribution in [2.75, 3.05) is 0 Å². The normalized spacial score (nSPS) is 10.8. The van der Waals surface area contributed by atoms with Crippen LogP contribution < -0.4 is 11.3 Å². The van der Waals surface area contributed by atoms with Crippen LogP contribution in [-0.2, 0) is 13.1 Å². The van der Waals surface area contributed by atoms with Crippen molar-refractivity contribution >= 4 is 10.8 Å². The van der Waals surface area contributed by atoms with Crippen LogP contribution in [0.4, 0.5) is 0 Å². The average molecular weight is 266 g/mol. The van der Waals surface area contributed by atoms with Crippen LogP contribution >= 0.6 is 0 Å². The minimum Gasteiger partial charge on any atom is -0.325 e. The van der Waals surface area contributed by atoms with E-state index in [9.17, 15) is 4.79 Å². The zero-order valence-electron chi connectivity index (χ0n) is 10.9. The summed E-state index contributed by atoms with van der Waals surface area (Å²) in [5.74, 6) is 0. The van der Waals surface area contributed by atoms with Gasteiger partial charge in [-0.25, -0.2) is 4.68 Å². The fraction of sp³-hybridized carbons (Fsp3) is 0.133. The second-order valence-corrected chi connectivity index (χ2v) is 4.55. The van der Waals surface area contributed by atoms with Crippen LogP contribution in [0.2, 0.25) is 0 Å². The van der Waals surface area contributed by atoms with Gasteiger partial charge in [-0.3, -0.25) is 9.78 Å². The van der Waals surface area contributed by atoms with Gasteiger partial charge in [-0.1, -0.05) is 18.2 Å². The highest BCUT2D eigenvalue weighted by molar-refractivity contribution is 5.80. The number of fused-ring (bicyclic) bond motifs is 1. The van der Waals surface area contributed by atoms with E-state index in [0.717, 1.165) is 16.6 Å². The Bertz CT molecular complexity index is 810. The zero-order chi connectivity index (χ0) is 13.9. The Kier molecular flexibility index (Phi) is 3.26. The van der Waals surface area contributed by atoms with E-state index in [0.29, 0.717) is 18.5 Å². The van der Waals surface area contributed by atoms with E-state index in [1.165, 1.54) is 4.68 Å². The van der Waals surface area contributed by atoms with Gasteiger partial charge in [0.05, 0.1) is 23.8 Å². The fourth-order valence-corrected chi connectivity index (χ4v) is 2.15. The molecule has 2 N–H and O–H groups in total. The molecular formula is C15H14N4O. The molecule has 20 heavy (non-hydrogen) atoms. The number of nitrogens with zero attached hydrogens (tertiary/aromatic N) is 3. The second-order valence-electron chi connectivity index (χ2n) is 4.55. The van der Waals surface area contributed by atoms with E-state index in [2.05, 4.69) is 10.1 Å². The van der Waals surface area contributed by atoms with Crippen LogP contribution in [0.3, 0.4) is 0 Å². The molecule has 0 spiro atoms. The van der Waals surface area contributed by atoms with E-state index in [1.807, 2.05) is 36.4 Å². The van der Waals surface area contributed by atoms with Crippen molar-refractivity contribution in [2.24, 2.45) is 5.73 Å². The lowest BCUT2D eigenvalue weighted by molar-refractivity contribution is 0.646. The van der Waals surface area contributed by atoms with Crippen LogP contribution in [0.25, 0.3) is 10.8 Å². The van der Waals surface area contributed by atoms with Crippen molar-refractivity contribution in [3.63, 3.8) is 0 Å². The predicted octanol–water partition coefficient (Wildman–Crippen LogP) is 1.30. The van der Waals surface area contributed by atoms with E-state index < -0.39 is 0 Å². The maximum absolute atomic E-state index is 12.3. The van der Waals surface area contributed by atoms with Gasteiger partial charge in [0.2, 0.25) is 0 Å². The Morgan fingerprint density at radius 3 is 2.90 bits per heavy atom. The summed E-state index contributed by atoms with van der Waals surface area (Å²) >= 11 is 0. The van der Waals surface area contributed by atoms with Crippen molar-refractivity contribution in [1.82, 2.24) is 14.8 Å². The van der Waals surface area contributed by atoms with Gasteiger partial charge in [0, 0.05) is 18.1 Å². The van der Waals surface area contributed by atoms with Crippen molar-refractivity contribution in [3.05, 3.63) is 70.4 Å². The van der Waals surface area contributed by atoms with Crippen molar-refractivity contribution in [3.8, 4) is 0 Å². The fourth-order valence-electron chi connectivity index (χ4n) is 2.15. The Balaban J connectivity index is 2.02. The summed E-state index contributed by atoms with van der Waals surface area (Å²) in [5, 5.41) is 5.74. The zero-order valence-corrected chi connectivity index (χ0v) is 10.9. The smallest absolute Gasteiger partial charge is 0.274 e. The molecule has 0 radical (unpaired) electrons. The molecule has 3 rings (SSSR count). The van der Waals surface area contributed by atoms with Crippen molar-refractivity contribution < 1.29 is 0 Å². The minimum absolute atomic E-state index is 0.0887. The standard InChI is InChI=1S/C15H14N4O/c16-8-13-7-11(5-6-17-13)10-19-15(20)14-4-2-1-3-12(14)9-18-19/h1-7,9H,8,10,16H2. The van der Waals surface area contributed by atoms with Crippen LogP contribution in [0.5, 0.6) is 0 Å². The van der Waals surface area contributed by atoms with Gasteiger partial charge < -0.3 is 5.73 Å². The van der Waals surface area contributed by atoms with E-state index >= 15 is 0 Å². The van der Waals surface area contributed by atoms with Gasteiger partial charge in [0.25, 0.3) is 5.56 Å². The van der Waals surface area contributed by atoms with Crippen LogP contribution in [0.1, 0.15) is 11.3 Å². The van der Waals surface area contributed by atoms with Crippen LogP contribution in [-0.4, -0.2) is 14.8 Å². The summed E-state index contributed by atoms with van der Waals surface area (Å²) in [6.45, 7) is 0.799. The summed E-state index contributed by atoms with van der Waals surface area (Å²) in [6.07, 6.45) is 3.41.